The number of imidazole rings is 1. The Bertz CT molecular complexity index is 1660. The summed E-state index contributed by atoms with van der Waals surface area (Å²) in [4.78, 5) is 25.2. The molecule has 1 amide bonds. The first-order chi connectivity index (χ1) is 20.2. The van der Waals surface area contributed by atoms with Crippen LogP contribution >= 0.6 is 11.5 Å². The highest BCUT2D eigenvalue weighted by Crippen LogP contribution is 2.31. The molecule has 0 radical (unpaired) electrons. The number of likely N-dealkylation sites (tertiary alicyclic amines) is 1. The number of amides is 1. The van der Waals surface area contributed by atoms with E-state index < -0.39 is 5.82 Å². The van der Waals surface area contributed by atoms with E-state index in [0.717, 1.165) is 71.5 Å². The molecular weight excluding hydrogens is 555 g/mol. The molecule has 0 aliphatic carbocycles. The molecule has 11 nitrogen and oxygen atoms in total. The van der Waals surface area contributed by atoms with Crippen LogP contribution in [0.25, 0.3) is 16.9 Å². The minimum Gasteiger partial charge on any atom is -0.328 e. The molecule has 220 valence electrons. The van der Waals surface area contributed by atoms with E-state index in [0.29, 0.717) is 11.8 Å². The fourth-order valence-electron chi connectivity index (χ4n) is 5.10. The van der Waals surface area contributed by atoms with E-state index in [4.69, 9.17) is 9.36 Å². The zero-order valence-corrected chi connectivity index (χ0v) is 25.0. The molecule has 0 saturated carbocycles. The zero-order chi connectivity index (χ0) is 29.7. The molecule has 5 aromatic heterocycles. The normalized spacial score (nSPS) is 14.8. The van der Waals surface area contributed by atoms with Gasteiger partial charge in [0.25, 0.3) is 0 Å². The second-order valence-electron chi connectivity index (χ2n) is 11.1. The maximum Gasteiger partial charge on any atom is 0.211 e. The molecule has 0 bridgehead atoms. The molecule has 1 saturated heterocycles. The number of nitrogens with one attached hydrogen (secondary N) is 2. The molecule has 13 heteroatoms. The van der Waals surface area contributed by atoms with Crippen LogP contribution in [-0.4, -0.2) is 57.9 Å². The van der Waals surface area contributed by atoms with Gasteiger partial charge in [0.05, 0.1) is 41.4 Å². The van der Waals surface area contributed by atoms with Gasteiger partial charge in [-0.15, -0.1) is 0 Å². The van der Waals surface area contributed by atoms with Gasteiger partial charge in [-0.25, -0.2) is 14.4 Å². The van der Waals surface area contributed by atoms with Crippen LogP contribution in [0.4, 0.5) is 20.9 Å². The molecule has 0 aromatic carbocycles. The highest BCUT2D eigenvalue weighted by molar-refractivity contribution is 7.10. The summed E-state index contributed by atoms with van der Waals surface area (Å²) < 4.78 is 21.2. The lowest BCUT2D eigenvalue weighted by atomic mass is 9.84. The third-order valence-corrected chi connectivity index (χ3v) is 7.76. The highest BCUT2D eigenvalue weighted by Gasteiger charge is 2.26. The van der Waals surface area contributed by atoms with Gasteiger partial charge >= 0.3 is 0 Å². The van der Waals surface area contributed by atoms with Crippen molar-refractivity contribution in [1.29, 1.82) is 0 Å². The summed E-state index contributed by atoms with van der Waals surface area (Å²) >= 11 is 1.48. The summed E-state index contributed by atoms with van der Waals surface area (Å²) in [6, 6.07) is 3.52. The minimum atomic E-state index is -0.533. The average molecular weight is 591 g/mol. The summed E-state index contributed by atoms with van der Waals surface area (Å²) in [5.74, 6) is 0.211. The second kappa shape index (κ2) is 12.7. The number of piperidine rings is 1. The Hall–Kier alpha value is -4.23. The number of nitrogens with zero attached hydrogens (tertiary/aromatic N) is 8. The van der Waals surface area contributed by atoms with Crippen LogP contribution in [0.3, 0.4) is 0 Å². The molecule has 2 N–H and O–H groups in total. The third-order valence-electron chi connectivity index (χ3n) is 7.02. The van der Waals surface area contributed by atoms with Crippen molar-refractivity contribution in [3.63, 3.8) is 0 Å². The van der Waals surface area contributed by atoms with E-state index in [9.17, 15) is 9.18 Å². The van der Waals surface area contributed by atoms with Crippen molar-refractivity contribution in [2.24, 2.45) is 5.41 Å². The number of aromatic nitrogens is 7. The van der Waals surface area contributed by atoms with Crippen LogP contribution in [0, 0.1) is 18.2 Å². The Morgan fingerprint density at radius 1 is 1.21 bits per heavy atom. The van der Waals surface area contributed by atoms with E-state index in [2.05, 4.69) is 61.8 Å². The molecule has 1 aliphatic heterocycles. The SMILES string of the molecule is CCn1cc(-c2cnc3c(Nc4cc(CN5CCCC(C)(C)C5)ns4)nc(C)cn23)cn1.O=CNc1ccncc1F. The fourth-order valence-corrected chi connectivity index (χ4v) is 5.76. The number of hydrogen-bond acceptors (Lipinski definition) is 9. The summed E-state index contributed by atoms with van der Waals surface area (Å²) in [6.45, 7) is 12.8. The lowest BCUT2D eigenvalue weighted by molar-refractivity contribution is -0.105. The topological polar surface area (TPSA) is 118 Å². The first-order valence-corrected chi connectivity index (χ1v) is 14.6. The monoisotopic (exact) mass is 590 g/mol. The van der Waals surface area contributed by atoms with Gasteiger partial charge in [-0.2, -0.15) is 9.47 Å². The van der Waals surface area contributed by atoms with Crippen molar-refractivity contribution in [3.05, 3.63) is 66.5 Å². The summed E-state index contributed by atoms with van der Waals surface area (Å²) in [6.07, 6.45) is 13.2. The molecule has 1 aliphatic rings. The number of anilines is 3. The number of hydrogen-bond donors (Lipinski definition) is 2. The van der Waals surface area contributed by atoms with Gasteiger partial charge in [0, 0.05) is 43.8 Å². The van der Waals surface area contributed by atoms with Crippen LogP contribution in [0.2, 0.25) is 0 Å². The van der Waals surface area contributed by atoms with Crippen molar-refractivity contribution in [2.75, 3.05) is 23.7 Å². The second-order valence-corrected chi connectivity index (χ2v) is 11.9. The molecule has 6 heterocycles. The number of carbonyl (C=O) groups excluding carboxylic acids is 1. The zero-order valence-electron chi connectivity index (χ0n) is 24.2. The maximum absolute atomic E-state index is 12.5. The standard InChI is InChI=1S/C23H30N8S.C6H5FN2O/c1-5-30-13-17(10-25-30)19-11-24-22-21(26-16(2)12-31(19)22)27-20-9-18(28-32-20)14-29-8-6-7-23(3,4)15-29;7-5-3-8-2-1-6(5)9-4-10/h9-13H,5-8,14-15H2,1-4H3,(H,26,27);1-4H,(H,8,9,10). The molecular formula is C29H35FN10OS. The number of carbonyl (C=O) groups is 1. The molecule has 0 atom stereocenters. The van der Waals surface area contributed by atoms with Gasteiger partial charge in [0.1, 0.15) is 5.00 Å². The minimum absolute atomic E-state index is 0.144. The van der Waals surface area contributed by atoms with E-state index >= 15 is 0 Å². The van der Waals surface area contributed by atoms with Gasteiger partial charge in [-0.05, 0) is 62.3 Å². The van der Waals surface area contributed by atoms with Crippen LogP contribution in [0.1, 0.15) is 45.0 Å². The third kappa shape index (κ3) is 6.97. The van der Waals surface area contributed by atoms with Gasteiger partial charge in [0.2, 0.25) is 6.41 Å². The largest absolute Gasteiger partial charge is 0.328 e. The molecule has 0 spiro atoms. The van der Waals surface area contributed by atoms with Gasteiger partial charge in [0.15, 0.2) is 17.3 Å². The summed E-state index contributed by atoms with van der Waals surface area (Å²) in [5, 5.41) is 11.0. The van der Waals surface area contributed by atoms with E-state index in [1.54, 1.807) is 0 Å². The van der Waals surface area contributed by atoms with Crippen LogP contribution in [0.15, 0.2) is 49.3 Å². The highest BCUT2D eigenvalue weighted by atomic mass is 32.1. The first-order valence-electron chi connectivity index (χ1n) is 13.9. The summed E-state index contributed by atoms with van der Waals surface area (Å²) in [5.41, 5.74) is 5.40. The van der Waals surface area contributed by atoms with Crippen LogP contribution in [-0.2, 0) is 17.9 Å². The van der Waals surface area contributed by atoms with Gasteiger partial charge in [-0.1, -0.05) is 13.8 Å². The Morgan fingerprint density at radius 2 is 2.07 bits per heavy atom. The molecule has 42 heavy (non-hydrogen) atoms. The smallest absolute Gasteiger partial charge is 0.211 e. The van der Waals surface area contributed by atoms with E-state index in [-0.39, 0.29) is 5.69 Å². The summed E-state index contributed by atoms with van der Waals surface area (Å²) in [7, 11) is 0. The van der Waals surface area contributed by atoms with Gasteiger partial charge in [-0.3, -0.25) is 23.8 Å². The number of pyridine rings is 1. The predicted octanol–water partition coefficient (Wildman–Crippen LogP) is 5.53. The average Bonchev–Trinajstić information content (AvgIpc) is 3.70. The Kier molecular flexibility index (Phi) is 8.88. The molecule has 1 fully saturated rings. The van der Waals surface area contributed by atoms with Crippen molar-refractivity contribution >= 4 is 40.1 Å². The number of fused-ring (bicyclic) bond motifs is 1. The van der Waals surface area contributed by atoms with Crippen molar-refractivity contribution in [2.45, 2.75) is 53.6 Å². The lowest BCUT2D eigenvalue weighted by Gasteiger charge is -2.37. The predicted molar refractivity (Wildman–Crippen MR) is 162 cm³/mol. The van der Waals surface area contributed by atoms with Crippen molar-refractivity contribution < 1.29 is 9.18 Å². The molecule has 0 unspecified atom stereocenters. The van der Waals surface area contributed by atoms with Gasteiger partial charge < -0.3 is 10.6 Å². The Morgan fingerprint density at radius 3 is 2.81 bits per heavy atom. The van der Waals surface area contributed by atoms with Crippen molar-refractivity contribution in [3.8, 4) is 11.3 Å². The molecule has 6 rings (SSSR count). The van der Waals surface area contributed by atoms with Crippen molar-refractivity contribution in [1.82, 2.24) is 38.4 Å². The number of halogens is 1. The van der Waals surface area contributed by atoms with Crippen LogP contribution < -0.4 is 10.6 Å². The quantitative estimate of drug-likeness (QED) is 0.227. The molecule has 5 aromatic rings. The van der Waals surface area contributed by atoms with E-state index in [1.165, 1.54) is 36.6 Å². The fraction of sp³-hybridized carbons (Fsp3) is 0.379. The first kappa shape index (κ1) is 29.3. The lowest BCUT2D eigenvalue weighted by Crippen LogP contribution is -2.39. The maximum atomic E-state index is 12.5. The van der Waals surface area contributed by atoms with Crippen LogP contribution in [0.5, 0.6) is 0 Å². The number of rotatable bonds is 8. The number of aryl methyl sites for hydroxylation is 2. The Labute approximate surface area is 248 Å². The Balaban J connectivity index is 0.000000300. The van der Waals surface area contributed by atoms with E-state index in [1.807, 2.05) is 36.4 Å².